The third kappa shape index (κ3) is 3.60. The van der Waals surface area contributed by atoms with E-state index in [0.717, 1.165) is 13.1 Å². The van der Waals surface area contributed by atoms with Crippen molar-refractivity contribution < 1.29 is 4.74 Å². The fourth-order valence-electron chi connectivity index (χ4n) is 3.44. The second kappa shape index (κ2) is 7.77. The van der Waals surface area contributed by atoms with Gasteiger partial charge >= 0.3 is 0 Å². The summed E-state index contributed by atoms with van der Waals surface area (Å²) in [7, 11) is 3.81. The molecule has 1 aliphatic rings. The Labute approximate surface area is 123 Å². The summed E-state index contributed by atoms with van der Waals surface area (Å²) < 4.78 is 5.19. The summed E-state index contributed by atoms with van der Waals surface area (Å²) in [6, 6.07) is 9.54. The molecule has 1 heterocycles. The van der Waals surface area contributed by atoms with Crippen LogP contribution in [0.5, 0.6) is 0 Å². The number of benzene rings is 1. The Hall–Kier alpha value is -0.900. The second-order valence-electron chi connectivity index (χ2n) is 5.71. The third-order valence-electron chi connectivity index (χ3n) is 4.36. The molecule has 1 aromatic carbocycles. The van der Waals surface area contributed by atoms with E-state index in [1.165, 1.54) is 30.5 Å². The quantitative estimate of drug-likeness (QED) is 0.864. The zero-order valence-corrected chi connectivity index (χ0v) is 13.1. The monoisotopic (exact) mass is 276 g/mol. The zero-order chi connectivity index (χ0) is 14.4. The van der Waals surface area contributed by atoms with E-state index in [9.17, 15) is 0 Å². The Kier molecular flexibility index (Phi) is 6.02. The Bertz CT molecular complexity index is 388. The van der Waals surface area contributed by atoms with Crippen LogP contribution >= 0.6 is 0 Å². The predicted molar refractivity (Wildman–Crippen MR) is 83.8 cm³/mol. The lowest BCUT2D eigenvalue weighted by atomic mass is 9.84. The minimum Gasteiger partial charge on any atom is -0.380 e. The minimum absolute atomic E-state index is 0.554. The van der Waals surface area contributed by atoms with Gasteiger partial charge in [0.05, 0.1) is 6.61 Å². The Morgan fingerprint density at radius 1 is 1.30 bits per heavy atom. The number of nitrogens with zero attached hydrogens (tertiary/aromatic N) is 1. The van der Waals surface area contributed by atoms with E-state index in [2.05, 4.69) is 48.5 Å². The fraction of sp³-hybridized carbons (Fsp3) is 0.647. The normalized spacial score (nSPS) is 23.9. The standard InChI is InChI=1S/C17H28N2O/c1-4-19-11-5-6-16(12-18-2)17(19)15-9-7-14(8-10-15)13-20-3/h7-10,16-18H,4-6,11-13H2,1-3H3. The summed E-state index contributed by atoms with van der Waals surface area (Å²) in [4.78, 5) is 2.62. The number of hydrogen-bond donors (Lipinski definition) is 1. The molecule has 112 valence electrons. The van der Waals surface area contributed by atoms with Crippen LogP contribution in [0.3, 0.4) is 0 Å². The lowest BCUT2D eigenvalue weighted by Crippen LogP contribution is -2.41. The van der Waals surface area contributed by atoms with Gasteiger partial charge in [-0.2, -0.15) is 0 Å². The first kappa shape index (κ1) is 15.5. The van der Waals surface area contributed by atoms with Gasteiger partial charge in [-0.3, -0.25) is 4.90 Å². The maximum Gasteiger partial charge on any atom is 0.0713 e. The van der Waals surface area contributed by atoms with Crippen molar-refractivity contribution in [3.8, 4) is 0 Å². The maximum absolute atomic E-state index is 5.19. The van der Waals surface area contributed by atoms with E-state index < -0.39 is 0 Å². The summed E-state index contributed by atoms with van der Waals surface area (Å²) in [5.74, 6) is 0.710. The molecule has 2 rings (SSSR count). The molecule has 3 nitrogen and oxygen atoms in total. The Morgan fingerprint density at radius 3 is 2.65 bits per heavy atom. The molecular formula is C17H28N2O. The minimum atomic E-state index is 0.554. The molecule has 0 spiro atoms. The van der Waals surface area contributed by atoms with Crippen molar-refractivity contribution in [2.75, 3.05) is 33.8 Å². The van der Waals surface area contributed by atoms with E-state index in [1.54, 1.807) is 7.11 Å². The highest BCUT2D eigenvalue weighted by Crippen LogP contribution is 2.35. The topological polar surface area (TPSA) is 24.5 Å². The van der Waals surface area contributed by atoms with E-state index in [4.69, 9.17) is 4.74 Å². The molecule has 3 heteroatoms. The number of ether oxygens (including phenoxy) is 1. The number of nitrogens with one attached hydrogen (secondary N) is 1. The molecule has 20 heavy (non-hydrogen) atoms. The van der Waals surface area contributed by atoms with Crippen molar-refractivity contribution in [3.05, 3.63) is 35.4 Å². The highest BCUT2D eigenvalue weighted by Gasteiger charge is 2.31. The third-order valence-corrected chi connectivity index (χ3v) is 4.36. The van der Waals surface area contributed by atoms with Crippen molar-refractivity contribution in [2.45, 2.75) is 32.4 Å². The van der Waals surface area contributed by atoms with Crippen LogP contribution in [0.4, 0.5) is 0 Å². The van der Waals surface area contributed by atoms with Gasteiger partial charge in [0.25, 0.3) is 0 Å². The molecule has 1 N–H and O–H groups in total. The molecule has 1 aromatic rings. The van der Waals surface area contributed by atoms with Gasteiger partial charge in [-0.1, -0.05) is 31.2 Å². The van der Waals surface area contributed by atoms with Crippen LogP contribution in [-0.4, -0.2) is 38.7 Å². The van der Waals surface area contributed by atoms with Gasteiger partial charge < -0.3 is 10.1 Å². The number of hydrogen-bond acceptors (Lipinski definition) is 3. The fourth-order valence-corrected chi connectivity index (χ4v) is 3.44. The zero-order valence-electron chi connectivity index (χ0n) is 13.1. The highest BCUT2D eigenvalue weighted by atomic mass is 16.5. The molecule has 1 saturated heterocycles. The lowest BCUT2D eigenvalue weighted by molar-refractivity contribution is 0.0981. The first-order valence-electron chi connectivity index (χ1n) is 7.76. The highest BCUT2D eigenvalue weighted by molar-refractivity contribution is 5.26. The van der Waals surface area contributed by atoms with E-state index >= 15 is 0 Å². The molecule has 0 aromatic heterocycles. The van der Waals surface area contributed by atoms with Crippen molar-refractivity contribution in [2.24, 2.45) is 5.92 Å². The summed E-state index contributed by atoms with van der Waals surface area (Å²) in [6.45, 7) is 6.42. The summed E-state index contributed by atoms with van der Waals surface area (Å²) in [6.07, 6.45) is 2.64. The predicted octanol–water partition coefficient (Wildman–Crippen LogP) is 2.83. The molecule has 0 amide bonds. The van der Waals surface area contributed by atoms with Crippen LogP contribution in [0.2, 0.25) is 0 Å². The SMILES string of the molecule is CCN1CCCC(CNC)C1c1ccc(COC)cc1. The molecule has 2 atom stereocenters. The van der Waals surface area contributed by atoms with Gasteiger partial charge in [-0.15, -0.1) is 0 Å². The average Bonchev–Trinajstić information content (AvgIpc) is 2.49. The summed E-state index contributed by atoms with van der Waals surface area (Å²) in [5, 5.41) is 3.37. The maximum atomic E-state index is 5.19. The first-order valence-corrected chi connectivity index (χ1v) is 7.76. The molecule has 0 saturated carbocycles. The molecule has 0 bridgehead atoms. The number of rotatable bonds is 6. The average molecular weight is 276 g/mol. The Morgan fingerprint density at radius 2 is 2.05 bits per heavy atom. The summed E-state index contributed by atoms with van der Waals surface area (Å²) in [5.41, 5.74) is 2.70. The molecule has 2 unspecified atom stereocenters. The van der Waals surface area contributed by atoms with E-state index in [0.29, 0.717) is 18.6 Å². The van der Waals surface area contributed by atoms with Crippen LogP contribution in [0, 0.1) is 5.92 Å². The van der Waals surface area contributed by atoms with Crippen LogP contribution < -0.4 is 5.32 Å². The van der Waals surface area contributed by atoms with Crippen LogP contribution in [-0.2, 0) is 11.3 Å². The number of methoxy groups -OCH3 is 1. The Balaban J connectivity index is 2.19. The van der Waals surface area contributed by atoms with Crippen molar-refractivity contribution in [1.29, 1.82) is 0 Å². The lowest BCUT2D eigenvalue weighted by Gasteiger charge is -2.41. The van der Waals surface area contributed by atoms with Gasteiger partial charge in [0.15, 0.2) is 0 Å². The van der Waals surface area contributed by atoms with Gasteiger partial charge in [-0.25, -0.2) is 0 Å². The number of likely N-dealkylation sites (tertiary alicyclic amines) is 1. The second-order valence-corrected chi connectivity index (χ2v) is 5.71. The largest absolute Gasteiger partial charge is 0.380 e. The van der Waals surface area contributed by atoms with Crippen LogP contribution in [0.15, 0.2) is 24.3 Å². The molecule has 1 aliphatic heterocycles. The van der Waals surface area contributed by atoms with Gasteiger partial charge in [-0.05, 0) is 56.6 Å². The van der Waals surface area contributed by atoms with E-state index in [-0.39, 0.29) is 0 Å². The van der Waals surface area contributed by atoms with Gasteiger partial charge in [0, 0.05) is 13.2 Å². The van der Waals surface area contributed by atoms with Gasteiger partial charge in [0.2, 0.25) is 0 Å². The summed E-state index contributed by atoms with van der Waals surface area (Å²) >= 11 is 0. The van der Waals surface area contributed by atoms with Crippen molar-refractivity contribution >= 4 is 0 Å². The molecule has 0 aliphatic carbocycles. The molecule has 0 radical (unpaired) electrons. The van der Waals surface area contributed by atoms with E-state index in [1.807, 2.05) is 0 Å². The van der Waals surface area contributed by atoms with Gasteiger partial charge in [0.1, 0.15) is 0 Å². The molecule has 1 fully saturated rings. The smallest absolute Gasteiger partial charge is 0.0713 e. The molecular weight excluding hydrogens is 248 g/mol. The van der Waals surface area contributed by atoms with Crippen molar-refractivity contribution in [3.63, 3.8) is 0 Å². The van der Waals surface area contributed by atoms with Crippen molar-refractivity contribution in [1.82, 2.24) is 10.2 Å². The first-order chi connectivity index (χ1) is 9.80. The number of piperidine rings is 1. The van der Waals surface area contributed by atoms with Crippen LogP contribution in [0.25, 0.3) is 0 Å². The van der Waals surface area contributed by atoms with Crippen LogP contribution in [0.1, 0.15) is 36.9 Å².